The van der Waals surface area contributed by atoms with Crippen molar-refractivity contribution in [2.75, 3.05) is 0 Å². The van der Waals surface area contributed by atoms with Crippen LogP contribution in [-0.4, -0.2) is 15.6 Å². The molecular formula is C17H22ClN3. The van der Waals surface area contributed by atoms with Gasteiger partial charge in [0, 0.05) is 11.7 Å². The van der Waals surface area contributed by atoms with Crippen LogP contribution < -0.4 is 5.73 Å². The summed E-state index contributed by atoms with van der Waals surface area (Å²) in [5, 5.41) is 0.779. The quantitative estimate of drug-likeness (QED) is 0.936. The molecule has 1 aromatic heterocycles. The Balaban J connectivity index is 1.91. The van der Waals surface area contributed by atoms with Gasteiger partial charge in [0.2, 0.25) is 0 Å². The summed E-state index contributed by atoms with van der Waals surface area (Å²) in [5.41, 5.74) is 10.8. The summed E-state index contributed by atoms with van der Waals surface area (Å²) in [7, 11) is 0. The third-order valence-corrected chi connectivity index (χ3v) is 4.63. The second-order valence-corrected chi connectivity index (χ2v) is 6.28. The lowest BCUT2D eigenvalue weighted by Crippen LogP contribution is -2.21. The fourth-order valence-corrected chi connectivity index (χ4v) is 3.29. The highest BCUT2D eigenvalue weighted by Gasteiger charge is 2.17. The van der Waals surface area contributed by atoms with Crippen molar-refractivity contribution in [1.82, 2.24) is 9.55 Å². The minimum Gasteiger partial charge on any atom is -0.327 e. The lowest BCUT2D eigenvalue weighted by atomic mass is 10.0. The van der Waals surface area contributed by atoms with Crippen LogP contribution in [0.3, 0.4) is 0 Å². The number of hydrogen-bond acceptors (Lipinski definition) is 2. The zero-order chi connectivity index (χ0) is 14.8. The van der Waals surface area contributed by atoms with E-state index < -0.39 is 0 Å². The Kier molecular flexibility index (Phi) is 4.32. The molecule has 3 rings (SSSR count). The predicted octanol–water partition coefficient (Wildman–Crippen LogP) is 3.68. The summed E-state index contributed by atoms with van der Waals surface area (Å²) < 4.78 is 2.15. The molecule has 1 aromatic carbocycles. The molecule has 21 heavy (non-hydrogen) atoms. The number of hydrogen-bond donors (Lipinski definition) is 1. The third kappa shape index (κ3) is 2.99. The summed E-state index contributed by atoms with van der Waals surface area (Å²) in [4.78, 5) is 4.54. The zero-order valence-corrected chi connectivity index (χ0v) is 13.2. The molecule has 0 amide bonds. The SMILES string of the molecule is CCC(N)Cc1ccc(-n2cnc3c2CCCC3)c(Cl)c1. The fourth-order valence-electron chi connectivity index (χ4n) is 3.00. The first-order chi connectivity index (χ1) is 10.2. The molecule has 1 aliphatic rings. The maximum absolute atomic E-state index is 6.50. The molecule has 0 saturated carbocycles. The highest BCUT2D eigenvalue weighted by atomic mass is 35.5. The molecule has 0 saturated heterocycles. The summed E-state index contributed by atoms with van der Waals surface area (Å²) in [5.74, 6) is 0. The van der Waals surface area contributed by atoms with Crippen LogP contribution in [0.15, 0.2) is 24.5 Å². The van der Waals surface area contributed by atoms with Gasteiger partial charge >= 0.3 is 0 Å². The van der Waals surface area contributed by atoms with Crippen molar-refractivity contribution in [3.05, 3.63) is 46.5 Å². The van der Waals surface area contributed by atoms with E-state index in [-0.39, 0.29) is 6.04 Å². The summed E-state index contributed by atoms with van der Waals surface area (Å²) >= 11 is 6.50. The second-order valence-electron chi connectivity index (χ2n) is 5.87. The average molecular weight is 304 g/mol. The van der Waals surface area contributed by atoms with Crippen molar-refractivity contribution in [2.45, 2.75) is 51.5 Å². The van der Waals surface area contributed by atoms with Crippen molar-refractivity contribution >= 4 is 11.6 Å². The molecule has 2 aromatic rings. The van der Waals surface area contributed by atoms with Crippen LogP contribution >= 0.6 is 11.6 Å². The normalized spacial score (nSPS) is 15.8. The molecule has 1 atom stereocenters. The van der Waals surface area contributed by atoms with Gasteiger partial charge in [-0.05, 0) is 56.2 Å². The van der Waals surface area contributed by atoms with Gasteiger partial charge in [-0.3, -0.25) is 0 Å². The van der Waals surface area contributed by atoms with Crippen LogP contribution in [0, 0.1) is 0 Å². The molecule has 0 spiro atoms. The Hall–Kier alpha value is -1.32. The highest BCUT2D eigenvalue weighted by molar-refractivity contribution is 6.32. The van der Waals surface area contributed by atoms with Crippen molar-refractivity contribution in [1.29, 1.82) is 0 Å². The minimum atomic E-state index is 0.202. The van der Waals surface area contributed by atoms with Gasteiger partial charge in [0.25, 0.3) is 0 Å². The molecule has 0 bridgehead atoms. The van der Waals surface area contributed by atoms with Gasteiger partial charge in [-0.15, -0.1) is 0 Å². The minimum absolute atomic E-state index is 0.202. The maximum atomic E-state index is 6.50. The fraction of sp³-hybridized carbons (Fsp3) is 0.471. The van der Waals surface area contributed by atoms with Crippen LogP contribution in [0.2, 0.25) is 5.02 Å². The Bertz CT molecular complexity index is 633. The first-order valence-electron chi connectivity index (χ1n) is 7.78. The molecule has 0 aliphatic heterocycles. The molecule has 3 nitrogen and oxygen atoms in total. The largest absolute Gasteiger partial charge is 0.327 e. The van der Waals surface area contributed by atoms with Gasteiger partial charge in [-0.1, -0.05) is 24.6 Å². The van der Waals surface area contributed by atoms with Gasteiger partial charge in [-0.2, -0.15) is 0 Å². The standard InChI is InChI=1S/C17H22ClN3/c1-2-13(19)9-12-7-8-16(14(18)10-12)21-11-20-15-5-3-4-6-17(15)21/h7-8,10-11,13H,2-6,9,19H2,1H3. The third-order valence-electron chi connectivity index (χ3n) is 4.32. The van der Waals surface area contributed by atoms with E-state index in [1.165, 1.54) is 29.8 Å². The molecule has 4 heteroatoms. The van der Waals surface area contributed by atoms with Crippen LogP contribution in [0.5, 0.6) is 0 Å². The summed E-state index contributed by atoms with van der Waals surface area (Å²) in [6.45, 7) is 2.11. The Morgan fingerprint density at radius 1 is 1.33 bits per heavy atom. The maximum Gasteiger partial charge on any atom is 0.0998 e. The number of fused-ring (bicyclic) bond motifs is 1. The van der Waals surface area contributed by atoms with E-state index in [1.54, 1.807) is 0 Å². The number of imidazole rings is 1. The van der Waals surface area contributed by atoms with E-state index in [9.17, 15) is 0 Å². The highest BCUT2D eigenvalue weighted by Crippen LogP contribution is 2.28. The van der Waals surface area contributed by atoms with Crippen LogP contribution in [0.1, 0.15) is 43.1 Å². The number of aromatic nitrogens is 2. The van der Waals surface area contributed by atoms with Crippen molar-refractivity contribution in [2.24, 2.45) is 5.73 Å². The second kappa shape index (κ2) is 6.20. The first kappa shape index (κ1) is 14.6. The van der Waals surface area contributed by atoms with E-state index >= 15 is 0 Å². The van der Waals surface area contributed by atoms with Gasteiger partial charge in [0.1, 0.15) is 0 Å². The van der Waals surface area contributed by atoms with Gasteiger partial charge in [0.15, 0.2) is 0 Å². The smallest absolute Gasteiger partial charge is 0.0998 e. The average Bonchev–Trinajstić information content (AvgIpc) is 2.91. The lowest BCUT2D eigenvalue weighted by molar-refractivity contribution is 0.646. The van der Waals surface area contributed by atoms with E-state index in [0.29, 0.717) is 0 Å². The monoisotopic (exact) mass is 303 g/mol. The Labute approximate surface area is 131 Å². The van der Waals surface area contributed by atoms with Crippen molar-refractivity contribution in [3.8, 4) is 5.69 Å². The lowest BCUT2D eigenvalue weighted by Gasteiger charge is -2.16. The summed E-state index contributed by atoms with van der Waals surface area (Å²) in [6, 6.07) is 6.47. The van der Waals surface area contributed by atoms with E-state index in [2.05, 4.69) is 28.6 Å². The molecule has 112 valence electrons. The van der Waals surface area contributed by atoms with Gasteiger partial charge < -0.3 is 10.3 Å². The van der Waals surface area contributed by atoms with Crippen LogP contribution in [0.4, 0.5) is 0 Å². The van der Waals surface area contributed by atoms with Crippen LogP contribution in [-0.2, 0) is 19.3 Å². The number of nitrogens with two attached hydrogens (primary N) is 1. The topological polar surface area (TPSA) is 43.8 Å². The zero-order valence-electron chi connectivity index (χ0n) is 12.5. The number of aryl methyl sites for hydroxylation is 1. The molecule has 1 heterocycles. The predicted molar refractivity (Wildman–Crippen MR) is 87.2 cm³/mol. The Morgan fingerprint density at radius 2 is 2.14 bits per heavy atom. The van der Waals surface area contributed by atoms with Gasteiger partial charge in [0.05, 0.1) is 22.7 Å². The number of rotatable bonds is 4. The Morgan fingerprint density at radius 3 is 2.90 bits per heavy atom. The van der Waals surface area contributed by atoms with Crippen LogP contribution in [0.25, 0.3) is 5.69 Å². The van der Waals surface area contributed by atoms with Crippen molar-refractivity contribution in [3.63, 3.8) is 0 Å². The first-order valence-corrected chi connectivity index (χ1v) is 8.16. The summed E-state index contributed by atoms with van der Waals surface area (Å²) in [6.07, 6.45) is 8.42. The molecule has 0 fully saturated rings. The van der Waals surface area contributed by atoms with Crippen molar-refractivity contribution < 1.29 is 0 Å². The number of halogens is 1. The molecule has 1 aliphatic carbocycles. The molecular weight excluding hydrogens is 282 g/mol. The van der Waals surface area contributed by atoms with E-state index in [4.69, 9.17) is 17.3 Å². The van der Waals surface area contributed by atoms with E-state index in [1.807, 2.05) is 12.4 Å². The van der Waals surface area contributed by atoms with E-state index in [0.717, 1.165) is 36.4 Å². The molecule has 1 unspecified atom stereocenters. The molecule has 0 radical (unpaired) electrons. The molecule has 2 N–H and O–H groups in total. The van der Waals surface area contributed by atoms with Gasteiger partial charge in [-0.25, -0.2) is 4.98 Å². The number of nitrogens with zero attached hydrogens (tertiary/aromatic N) is 2. The number of benzene rings is 1.